The molecule has 1 fully saturated rings. The monoisotopic (exact) mass is 308 g/mol. The van der Waals surface area contributed by atoms with Crippen molar-refractivity contribution in [2.24, 2.45) is 0 Å². The highest BCUT2D eigenvalue weighted by Crippen LogP contribution is 2.42. The number of hydrogen-bond donors (Lipinski definition) is 1. The fraction of sp³-hybridized carbons (Fsp3) is 0.450. The molecule has 2 aliphatic carbocycles. The third-order valence-electron chi connectivity index (χ3n) is 5.05. The maximum absolute atomic E-state index is 5.39. The number of aryl methyl sites for hydroxylation is 2. The molecular formula is C20H24N2O. The first-order valence-corrected chi connectivity index (χ1v) is 8.72. The minimum absolute atomic E-state index is 0.745. The third kappa shape index (κ3) is 3.19. The summed E-state index contributed by atoms with van der Waals surface area (Å²) in [5.41, 5.74) is 5.71. The molecule has 0 unspecified atom stereocenters. The molecule has 3 heteroatoms. The van der Waals surface area contributed by atoms with E-state index in [0.717, 1.165) is 24.0 Å². The molecule has 0 saturated heterocycles. The first-order chi connectivity index (χ1) is 11.3. The summed E-state index contributed by atoms with van der Waals surface area (Å²) in [6.45, 7) is 0.814. The summed E-state index contributed by atoms with van der Waals surface area (Å²) in [6, 6.07) is 8.71. The van der Waals surface area contributed by atoms with Crippen LogP contribution in [0.3, 0.4) is 0 Å². The number of pyridine rings is 1. The van der Waals surface area contributed by atoms with Gasteiger partial charge in [0.2, 0.25) is 0 Å². The molecule has 1 aromatic heterocycles. The Bertz CT molecular complexity index is 707. The van der Waals surface area contributed by atoms with E-state index in [1.165, 1.54) is 60.8 Å². The summed E-state index contributed by atoms with van der Waals surface area (Å²) in [5, 5.41) is 3.52. The van der Waals surface area contributed by atoms with Gasteiger partial charge in [-0.15, -0.1) is 0 Å². The summed E-state index contributed by atoms with van der Waals surface area (Å²) < 4.78 is 5.39. The number of rotatable bonds is 5. The van der Waals surface area contributed by atoms with Gasteiger partial charge >= 0.3 is 0 Å². The Morgan fingerprint density at radius 1 is 1.13 bits per heavy atom. The average molecular weight is 308 g/mol. The molecule has 120 valence electrons. The molecule has 0 radical (unpaired) electrons. The van der Waals surface area contributed by atoms with E-state index in [1.807, 2.05) is 0 Å². The van der Waals surface area contributed by atoms with Crippen molar-refractivity contribution in [3.8, 4) is 5.75 Å². The Morgan fingerprint density at radius 2 is 1.96 bits per heavy atom. The van der Waals surface area contributed by atoms with Crippen molar-refractivity contribution >= 4 is 5.82 Å². The number of nitrogens with zero attached hydrogens (tertiary/aromatic N) is 1. The van der Waals surface area contributed by atoms with Crippen molar-refractivity contribution in [1.82, 2.24) is 4.98 Å². The molecule has 2 aliphatic rings. The standard InChI is InChI=1S/C20H24N2O/c1-23-18-8-9-19(14-6-7-14)17(10-18)13-22-20-11-15-4-2-3-5-16(15)12-21-20/h8-12,14H,2-7,13H2,1H3,(H,21,22). The fourth-order valence-electron chi connectivity index (χ4n) is 3.55. The van der Waals surface area contributed by atoms with E-state index < -0.39 is 0 Å². The van der Waals surface area contributed by atoms with Gasteiger partial charge in [0.15, 0.2) is 0 Å². The van der Waals surface area contributed by atoms with Gasteiger partial charge in [-0.1, -0.05) is 6.07 Å². The van der Waals surface area contributed by atoms with Crippen molar-refractivity contribution in [2.75, 3.05) is 12.4 Å². The molecule has 2 aromatic rings. The second-order valence-corrected chi connectivity index (χ2v) is 6.74. The number of methoxy groups -OCH3 is 1. The molecule has 1 aromatic carbocycles. The van der Waals surface area contributed by atoms with E-state index in [-0.39, 0.29) is 0 Å². The number of nitrogens with one attached hydrogen (secondary N) is 1. The fourth-order valence-corrected chi connectivity index (χ4v) is 3.55. The Hall–Kier alpha value is -2.03. The molecule has 1 heterocycles. The number of fused-ring (bicyclic) bond motifs is 1. The van der Waals surface area contributed by atoms with E-state index >= 15 is 0 Å². The predicted octanol–water partition coefficient (Wildman–Crippen LogP) is 4.46. The minimum atomic E-state index is 0.745. The van der Waals surface area contributed by atoms with E-state index in [9.17, 15) is 0 Å². The molecule has 4 rings (SSSR count). The summed E-state index contributed by atoms with van der Waals surface area (Å²) in [7, 11) is 1.73. The van der Waals surface area contributed by atoms with Crippen molar-refractivity contribution in [3.63, 3.8) is 0 Å². The van der Waals surface area contributed by atoms with E-state index in [4.69, 9.17) is 4.74 Å². The number of hydrogen-bond acceptors (Lipinski definition) is 3. The summed E-state index contributed by atoms with van der Waals surface area (Å²) in [5.74, 6) is 2.68. The quantitative estimate of drug-likeness (QED) is 0.885. The van der Waals surface area contributed by atoms with Crippen LogP contribution in [0.1, 0.15) is 53.9 Å². The van der Waals surface area contributed by atoms with Crippen LogP contribution in [0.5, 0.6) is 5.75 Å². The van der Waals surface area contributed by atoms with Gasteiger partial charge < -0.3 is 10.1 Å². The van der Waals surface area contributed by atoms with Gasteiger partial charge in [0.1, 0.15) is 11.6 Å². The Balaban J connectivity index is 1.52. The maximum atomic E-state index is 5.39. The first kappa shape index (κ1) is 14.6. The molecule has 0 amide bonds. The van der Waals surface area contributed by atoms with Gasteiger partial charge in [-0.2, -0.15) is 0 Å². The average Bonchev–Trinajstić information content (AvgIpc) is 3.44. The number of anilines is 1. The summed E-state index contributed by atoms with van der Waals surface area (Å²) in [4.78, 5) is 4.60. The van der Waals surface area contributed by atoms with Crippen LogP contribution in [0.25, 0.3) is 0 Å². The highest BCUT2D eigenvalue weighted by molar-refractivity contribution is 5.45. The minimum Gasteiger partial charge on any atom is -0.497 e. The smallest absolute Gasteiger partial charge is 0.126 e. The van der Waals surface area contributed by atoms with Gasteiger partial charge in [-0.05, 0) is 84.9 Å². The lowest BCUT2D eigenvalue weighted by Gasteiger charge is -2.17. The van der Waals surface area contributed by atoms with Gasteiger partial charge in [-0.25, -0.2) is 4.98 Å². The molecule has 23 heavy (non-hydrogen) atoms. The molecule has 1 N–H and O–H groups in total. The second kappa shape index (κ2) is 6.23. The van der Waals surface area contributed by atoms with Crippen LogP contribution in [0.2, 0.25) is 0 Å². The second-order valence-electron chi connectivity index (χ2n) is 6.74. The lowest BCUT2D eigenvalue weighted by atomic mass is 9.93. The van der Waals surface area contributed by atoms with Crippen LogP contribution >= 0.6 is 0 Å². The molecule has 0 atom stereocenters. The third-order valence-corrected chi connectivity index (χ3v) is 5.05. The van der Waals surface area contributed by atoms with Crippen molar-refractivity contribution < 1.29 is 4.74 Å². The van der Waals surface area contributed by atoms with Crippen LogP contribution in [0.15, 0.2) is 30.5 Å². The number of aromatic nitrogens is 1. The Labute approximate surface area is 138 Å². The van der Waals surface area contributed by atoms with Gasteiger partial charge in [-0.3, -0.25) is 0 Å². The lowest BCUT2D eigenvalue weighted by molar-refractivity contribution is 0.414. The molecule has 0 spiro atoms. The SMILES string of the molecule is COc1ccc(C2CC2)c(CNc2cc3c(cn2)CCCC3)c1. The largest absolute Gasteiger partial charge is 0.497 e. The zero-order valence-corrected chi connectivity index (χ0v) is 13.8. The van der Waals surface area contributed by atoms with E-state index in [2.05, 4.69) is 40.8 Å². The Morgan fingerprint density at radius 3 is 2.74 bits per heavy atom. The molecule has 0 aliphatic heterocycles. The molecule has 0 bridgehead atoms. The van der Waals surface area contributed by atoms with Crippen molar-refractivity contribution in [1.29, 1.82) is 0 Å². The van der Waals surface area contributed by atoms with Crippen LogP contribution in [0, 0.1) is 0 Å². The first-order valence-electron chi connectivity index (χ1n) is 8.72. The van der Waals surface area contributed by atoms with Crippen LogP contribution in [-0.4, -0.2) is 12.1 Å². The normalized spacial score (nSPS) is 16.7. The summed E-state index contributed by atoms with van der Waals surface area (Å²) in [6.07, 6.45) is 9.68. The summed E-state index contributed by atoms with van der Waals surface area (Å²) >= 11 is 0. The zero-order chi connectivity index (χ0) is 15.6. The predicted molar refractivity (Wildman–Crippen MR) is 93.2 cm³/mol. The van der Waals surface area contributed by atoms with Crippen molar-refractivity contribution in [2.45, 2.75) is 51.0 Å². The highest BCUT2D eigenvalue weighted by atomic mass is 16.5. The van der Waals surface area contributed by atoms with Gasteiger partial charge in [0, 0.05) is 12.7 Å². The van der Waals surface area contributed by atoms with Crippen molar-refractivity contribution in [3.05, 3.63) is 52.7 Å². The number of benzene rings is 1. The Kier molecular flexibility index (Phi) is 3.94. The topological polar surface area (TPSA) is 34.1 Å². The van der Waals surface area contributed by atoms with E-state index in [1.54, 1.807) is 7.11 Å². The molecule has 1 saturated carbocycles. The lowest BCUT2D eigenvalue weighted by Crippen LogP contribution is -2.08. The van der Waals surface area contributed by atoms with Crippen LogP contribution in [-0.2, 0) is 19.4 Å². The molecule has 3 nitrogen and oxygen atoms in total. The highest BCUT2D eigenvalue weighted by Gasteiger charge is 2.26. The van der Waals surface area contributed by atoms with Crippen LogP contribution < -0.4 is 10.1 Å². The number of ether oxygens (including phenoxy) is 1. The van der Waals surface area contributed by atoms with Crippen LogP contribution in [0.4, 0.5) is 5.82 Å². The zero-order valence-electron chi connectivity index (χ0n) is 13.8. The molecular weight excluding hydrogens is 284 g/mol. The van der Waals surface area contributed by atoms with Gasteiger partial charge in [0.25, 0.3) is 0 Å². The maximum Gasteiger partial charge on any atom is 0.126 e. The van der Waals surface area contributed by atoms with Gasteiger partial charge in [0.05, 0.1) is 7.11 Å². The van der Waals surface area contributed by atoms with E-state index in [0.29, 0.717) is 0 Å².